The number of carbonyl (C=O) groups is 1. The first-order valence-corrected chi connectivity index (χ1v) is 4.85. The van der Waals surface area contributed by atoms with E-state index in [4.69, 9.17) is 5.11 Å². The van der Waals surface area contributed by atoms with Crippen molar-refractivity contribution in [3.8, 4) is 0 Å². The second kappa shape index (κ2) is 3.55. The molecule has 2 rings (SSSR count). The Morgan fingerprint density at radius 1 is 1.53 bits per heavy atom. The highest BCUT2D eigenvalue weighted by molar-refractivity contribution is 5.65. The van der Waals surface area contributed by atoms with Gasteiger partial charge in [0.05, 0.1) is 12.1 Å². The molecular weight excluding hydrogens is 194 g/mol. The van der Waals surface area contributed by atoms with Crippen molar-refractivity contribution in [2.45, 2.75) is 25.5 Å². The molecule has 4 nitrogen and oxygen atoms in total. The average Bonchev–Trinajstić information content (AvgIpc) is 2.44. The highest BCUT2D eigenvalue weighted by Gasteiger charge is 2.31. The topological polar surface area (TPSA) is 69.6 Å². The molecule has 0 aliphatic heterocycles. The standard InChI is InChI=1S/C11H13NO3/c1-6-2-3-7-5-9(12-11(14)15)10(13)8(7)4-6/h2-4,9-10,12-13H,5H2,1H3,(H,14,15). The molecule has 2 atom stereocenters. The number of hydrogen-bond acceptors (Lipinski definition) is 2. The third-order valence-electron chi connectivity index (χ3n) is 2.75. The van der Waals surface area contributed by atoms with Gasteiger partial charge in [-0.1, -0.05) is 23.8 Å². The van der Waals surface area contributed by atoms with Crippen molar-refractivity contribution in [2.24, 2.45) is 0 Å². The Balaban J connectivity index is 2.25. The van der Waals surface area contributed by atoms with Gasteiger partial charge in [0.15, 0.2) is 0 Å². The van der Waals surface area contributed by atoms with E-state index in [-0.39, 0.29) is 0 Å². The van der Waals surface area contributed by atoms with Crippen molar-refractivity contribution in [2.75, 3.05) is 0 Å². The molecule has 1 aliphatic rings. The monoisotopic (exact) mass is 207 g/mol. The fourth-order valence-corrected chi connectivity index (χ4v) is 2.03. The van der Waals surface area contributed by atoms with Crippen LogP contribution in [-0.2, 0) is 6.42 Å². The molecule has 0 spiro atoms. The van der Waals surface area contributed by atoms with Crippen LogP contribution in [0.4, 0.5) is 4.79 Å². The van der Waals surface area contributed by atoms with E-state index in [1.807, 2.05) is 25.1 Å². The summed E-state index contributed by atoms with van der Waals surface area (Å²) in [6, 6.07) is 5.40. The molecule has 3 N–H and O–H groups in total. The summed E-state index contributed by atoms with van der Waals surface area (Å²) >= 11 is 0. The van der Waals surface area contributed by atoms with Crippen molar-refractivity contribution in [3.05, 3.63) is 34.9 Å². The molecule has 0 radical (unpaired) electrons. The first-order valence-electron chi connectivity index (χ1n) is 4.85. The minimum Gasteiger partial charge on any atom is -0.465 e. The molecule has 0 aromatic heterocycles. The van der Waals surface area contributed by atoms with E-state index in [1.54, 1.807) is 0 Å². The zero-order valence-electron chi connectivity index (χ0n) is 8.40. The number of rotatable bonds is 1. The summed E-state index contributed by atoms with van der Waals surface area (Å²) in [7, 11) is 0. The van der Waals surface area contributed by atoms with Gasteiger partial charge in [-0.3, -0.25) is 0 Å². The van der Waals surface area contributed by atoms with Gasteiger partial charge in [0, 0.05) is 0 Å². The predicted octanol–water partition coefficient (Wildman–Crippen LogP) is 1.22. The van der Waals surface area contributed by atoms with Gasteiger partial charge >= 0.3 is 6.09 Å². The smallest absolute Gasteiger partial charge is 0.404 e. The van der Waals surface area contributed by atoms with Crippen LogP contribution in [-0.4, -0.2) is 22.3 Å². The molecule has 1 amide bonds. The molecule has 0 bridgehead atoms. The molecule has 0 saturated carbocycles. The number of aliphatic hydroxyl groups excluding tert-OH is 1. The van der Waals surface area contributed by atoms with Crippen LogP contribution in [0.2, 0.25) is 0 Å². The third-order valence-corrected chi connectivity index (χ3v) is 2.75. The zero-order valence-corrected chi connectivity index (χ0v) is 8.40. The largest absolute Gasteiger partial charge is 0.465 e. The summed E-state index contributed by atoms with van der Waals surface area (Å²) in [6.07, 6.45) is -1.26. The lowest BCUT2D eigenvalue weighted by Crippen LogP contribution is -2.36. The van der Waals surface area contributed by atoms with E-state index in [0.29, 0.717) is 6.42 Å². The molecule has 0 heterocycles. The number of carboxylic acid groups (broad SMARTS) is 1. The van der Waals surface area contributed by atoms with Gasteiger partial charge in [-0.2, -0.15) is 0 Å². The van der Waals surface area contributed by atoms with Crippen molar-refractivity contribution in [1.29, 1.82) is 0 Å². The second-order valence-electron chi connectivity index (χ2n) is 3.91. The summed E-state index contributed by atoms with van der Waals surface area (Å²) < 4.78 is 0. The van der Waals surface area contributed by atoms with Gasteiger partial charge in [0.1, 0.15) is 0 Å². The van der Waals surface area contributed by atoms with Crippen LogP contribution >= 0.6 is 0 Å². The van der Waals surface area contributed by atoms with Crippen LogP contribution < -0.4 is 5.32 Å². The summed E-state index contributed by atoms with van der Waals surface area (Å²) in [5.41, 5.74) is 2.93. The normalized spacial score (nSPS) is 23.6. The van der Waals surface area contributed by atoms with E-state index in [1.165, 1.54) is 0 Å². The minimum absolute atomic E-state index is 0.417. The van der Waals surface area contributed by atoms with Crippen LogP contribution in [0.5, 0.6) is 0 Å². The Bertz CT molecular complexity index is 403. The maximum Gasteiger partial charge on any atom is 0.404 e. The number of aryl methyl sites for hydroxylation is 1. The summed E-state index contributed by atoms with van der Waals surface area (Å²) in [6.45, 7) is 1.95. The van der Waals surface area contributed by atoms with E-state index in [2.05, 4.69) is 5.32 Å². The number of benzene rings is 1. The molecule has 1 aromatic carbocycles. The van der Waals surface area contributed by atoms with Gasteiger partial charge in [0.25, 0.3) is 0 Å². The Hall–Kier alpha value is -1.55. The number of aliphatic hydroxyl groups is 1. The van der Waals surface area contributed by atoms with Gasteiger partial charge in [0.2, 0.25) is 0 Å². The zero-order chi connectivity index (χ0) is 11.0. The minimum atomic E-state index is -1.09. The maximum absolute atomic E-state index is 10.5. The Labute approximate surface area is 87.6 Å². The molecule has 0 saturated heterocycles. The van der Waals surface area contributed by atoms with Crippen molar-refractivity contribution < 1.29 is 15.0 Å². The summed E-state index contributed by atoms with van der Waals surface area (Å²) in [5, 5.41) is 20.8. The van der Waals surface area contributed by atoms with Gasteiger partial charge in [-0.25, -0.2) is 4.79 Å². The lowest BCUT2D eigenvalue weighted by molar-refractivity contribution is 0.131. The van der Waals surface area contributed by atoms with Crippen molar-refractivity contribution >= 4 is 6.09 Å². The first kappa shape index (κ1) is 9.98. The number of fused-ring (bicyclic) bond motifs is 1. The second-order valence-corrected chi connectivity index (χ2v) is 3.91. The SMILES string of the molecule is Cc1ccc2c(c1)C(O)C(NC(=O)O)C2. The van der Waals surface area contributed by atoms with Gasteiger partial charge in [-0.05, 0) is 24.5 Å². The molecule has 80 valence electrons. The van der Waals surface area contributed by atoms with Crippen molar-refractivity contribution in [1.82, 2.24) is 5.32 Å². The predicted molar refractivity (Wildman–Crippen MR) is 54.8 cm³/mol. The molecule has 2 unspecified atom stereocenters. The highest BCUT2D eigenvalue weighted by Crippen LogP contribution is 2.31. The van der Waals surface area contributed by atoms with Crippen molar-refractivity contribution in [3.63, 3.8) is 0 Å². The first-order chi connectivity index (χ1) is 7.08. The van der Waals surface area contributed by atoms with E-state index in [9.17, 15) is 9.90 Å². The quantitative estimate of drug-likeness (QED) is 0.648. The Morgan fingerprint density at radius 2 is 2.27 bits per heavy atom. The Morgan fingerprint density at radius 3 is 2.93 bits per heavy atom. The molecular formula is C11H13NO3. The fourth-order valence-electron chi connectivity index (χ4n) is 2.03. The number of hydrogen-bond donors (Lipinski definition) is 3. The van der Waals surface area contributed by atoms with Crippen LogP contribution in [0.25, 0.3) is 0 Å². The number of nitrogens with one attached hydrogen (secondary N) is 1. The maximum atomic E-state index is 10.5. The van der Waals surface area contributed by atoms with Crippen LogP contribution in [0, 0.1) is 6.92 Å². The molecule has 0 fully saturated rings. The molecule has 1 aromatic rings. The average molecular weight is 207 g/mol. The molecule has 15 heavy (non-hydrogen) atoms. The summed E-state index contributed by atoms with van der Waals surface area (Å²) in [5.74, 6) is 0. The third kappa shape index (κ3) is 1.80. The van der Waals surface area contributed by atoms with E-state index < -0.39 is 18.2 Å². The van der Waals surface area contributed by atoms with Crippen LogP contribution in [0.1, 0.15) is 22.8 Å². The van der Waals surface area contributed by atoms with E-state index in [0.717, 1.165) is 16.7 Å². The van der Waals surface area contributed by atoms with Gasteiger partial charge < -0.3 is 15.5 Å². The van der Waals surface area contributed by atoms with Crippen LogP contribution in [0.15, 0.2) is 18.2 Å². The van der Waals surface area contributed by atoms with Crippen LogP contribution in [0.3, 0.4) is 0 Å². The molecule has 1 aliphatic carbocycles. The molecule has 4 heteroatoms. The Kier molecular flexibility index (Phi) is 2.36. The summed E-state index contributed by atoms with van der Waals surface area (Å²) in [4.78, 5) is 10.5. The number of amides is 1. The lowest BCUT2D eigenvalue weighted by atomic mass is 10.1. The fraction of sp³-hybridized carbons (Fsp3) is 0.364. The highest BCUT2D eigenvalue weighted by atomic mass is 16.4. The lowest BCUT2D eigenvalue weighted by Gasteiger charge is -2.14. The van der Waals surface area contributed by atoms with Gasteiger partial charge in [-0.15, -0.1) is 0 Å². The van der Waals surface area contributed by atoms with E-state index >= 15 is 0 Å².